The molecule has 1 N–H and O–H groups in total. The number of hydrogen-bond acceptors (Lipinski definition) is 7. The molecule has 3 aromatic rings. The van der Waals surface area contributed by atoms with Crippen LogP contribution < -0.4 is 5.32 Å². The Morgan fingerprint density at radius 2 is 1.49 bits per heavy atom. The SMILES string of the molecule is CC(=O)OCC1=C(C(=O)OC(c2ccccc2)c2ccccc2)N2C(=O)[C@@H](NC(=O)Cc3ccccc3)[C@@H]2S(=O)C1. The van der Waals surface area contributed by atoms with E-state index < -0.39 is 52.1 Å². The van der Waals surface area contributed by atoms with Gasteiger partial charge in [-0.2, -0.15) is 0 Å². The van der Waals surface area contributed by atoms with Crippen molar-refractivity contribution >= 4 is 34.6 Å². The summed E-state index contributed by atoms with van der Waals surface area (Å²) in [4.78, 5) is 52.6. The Morgan fingerprint density at radius 1 is 0.927 bits per heavy atom. The van der Waals surface area contributed by atoms with E-state index in [-0.39, 0.29) is 30.1 Å². The average molecular weight is 573 g/mol. The number of rotatable bonds is 9. The van der Waals surface area contributed by atoms with Crippen LogP contribution in [0.5, 0.6) is 0 Å². The largest absolute Gasteiger partial charge is 0.461 e. The van der Waals surface area contributed by atoms with Gasteiger partial charge in [-0.3, -0.25) is 23.5 Å². The Balaban J connectivity index is 1.43. The fourth-order valence-electron chi connectivity index (χ4n) is 4.89. The van der Waals surface area contributed by atoms with E-state index in [9.17, 15) is 23.4 Å². The number of fused-ring (bicyclic) bond motifs is 1. The maximum Gasteiger partial charge on any atom is 0.356 e. The van der Waals surface area contributed by atoms with Crippen LogP contribution in [0.3, 0.4) is 0 Å². The van der Waals surface area contributed by atoms with Crippen molar-refractivity contribution in [1.82, 2.24) is 10.2 Å². The highest BCUT2D eigenvalue weighted by atomic mass is 32.2. The maximum atomic E-state index is 13.8. The normalized spacial score (nSPS) is 19.7. The van der Waals surface area contributed by atoms with Gasteiger partial charge < -0.3 is 14.8 Å². The van der Waals surface area contributed by atoms with Gasteiger partial charge in [0.25, 0.3) is 5.91 Å². The summed E-state index contributed by atoms with van der Waals surface area (Å²) < 4.78 is 24.4. The molecule has 2 heterocycles. The van der Waals surface area contributed by atoms with E-state index in [0.717, 1.165) is 10.5 Å². The number of esters is 2. The predicted molar refractivity (Wildman–Crippen MR) is 150 cm³/mol. The van der Waals surface area contributed by atoms with Gasteiger partial charge in [0, 0.05) is 12.5 Å². The van der Waals surface area contributed by atoms with Crippen LogP contribution in [0.15, 0.2) is 102 Å². The van der Waals surface area contributed by atoms with Gasteiger partial charge in [-0.15, -0.1) is 0 Å². The van der Waals surface area contributed by atoms with Gasteiger partial charge in [0.05, 0.1) is 23.0 Å². The van der Waals surface area contributed by atoms with Gasteiger partial charge in [0.1, 0.15) is 23.7 Å². The number of hydrogen-bond donors (Lipinski definition) is 1. The van der Waals surface area contributed by atoms with Gasteiger partial charge in [-0.1, -0.05) is 91.0 Å². The fourth-order valence-corrected chi connectivity index (χ4v) is 6.56. The molecular formula is C31H28N2O7S. The lowest BCUT2D eigenvalue weighted by Gasteiger charge is -2.49. The van der Waals surface area contributed by atoms with Crippen molar-refractivity contribution in [2.45, 2.75) is 30.9 Å². The van der Waals surface area contributed by atoms with Crippen LogP contribution in [0.1, 0.15) is 29.7 Å². The Bertz CT molecular complexity index is 1470. The first-order chi connectivity index (χ1) is 19.8. The summed E-state index contributed by atoms with van der Waals surface area (Å²) in [5.74, 6) is -2.54. The highest BCUT2D eigenvalue weighted by Gasteiger charge is 2.57. The van der Waals surface area contributed by atoms with Crippen molar-refractivity contribution in [3.8, 4) is 0 Å². The average Bonchev–Trinajstić information content (AvgIpc) is 2.98. The van der Waals surface area contributed by atoms with Crippen LogP contribution in [0.25, 0.3) is 0 Å². The molecule has 2 aliphatic heterocycles. The minimum atomic E-state index is -1.68. The summed E-state index contributed by atoms with van der Waals surface area (Å²) in [7, 11) is -1.68. The van der Waals surface area contributed by atoms with Gasteiger partial charge in [0.2, 0.25) is 5.91 Å². The van der Waals surface area contributed by atoms with Gasteiger partial charge >= 0.3 is 11.9 Å². The molecule has 2 aliphatic rings. The van der Waals surface area contributed by atoms with Gasteiger partial charge in [-0.25, -0.2) is 4.79 Å². The van der Waals surface area contributed by atoms with Crippen molar-refractivity contribution in [2.24, 2.45) is 0 Å². The van der Waals surface area contributed by atoms with E-state index in [1.165, 1.54) is 6.92 Å². The first-order valence-electron chi connectivity index (χ1n) is 13.0. The second-order valence-corrected chi connectivity index (χ2v) is 11.2. The van der Waals surface area contributed by atoms with Crippen LogP contribution in [0.4, 0.5) is 0 Å². The summed E-state index contributed by atoms with van der Waals surface area (Å²) >= 11 is 0. The first-order valence-corrected chi connectivity index (χ1v) is 14.4. The lowest BCUT2D eigenvalue weighted by molar-refractivity contribution is -0.155. The summed E-state index contributed by atoms with van der Waals surface area (Å²) in [6.07, 6.45) is -0.751. The zero-order valence-corrected chi connectivity index (χ0v) is 23.0. The van der Waals surface area contributed by atoms with E-state index in [4.69, 9.17) is 9.47 Å². The van der Waals surface area contributed by atoms with Crippen molar-refractivity contribution in [1.29, 1.82) is 0 Å². The van der Waals surface area contributed by atoms with Crippen molar-refractivity contribution in [3.63, 3.8) is 0 Å². The standard InChI is InChI=1S/C31H28N2O7S/c1-20(34)39-18-24-19-41(38)30-26(32-25(35)17-21-11-5-2-6-12-21)29(36)33(30)27(24)31(37)40-28(22-13-7-3-8-14-22)23-15-9-4-10-16-23/h2-16,26,28,30H,17-19H2,1H3,(H,32,35)/t26-,30+,41?/m1/s1. The highest BCUT2D eigenvalue weighted by molar-refractivity contribution is 7.86. The first kappa shape index (κ1) is 28.0. The molecule has 1 unspecified atom stereocenters. The van der Waals surface area contributed by atoms with Crippen molar-refractivity contribution < 1.29 is 32.9 Å². The lowest BCUT2D eigenvalue weighted by atomic mass is 10.0. The topological polar surface area (TPSA) is 119 Å². The monoisotopic (exact) mass is 572 g/mol. The number of β-lactam (4-membered cyclic amide) rings is 1. The molecule has 9 nitrogen and oxygen atoms in total. The molecule has 0 spiro atoms. The van der Waals surface area contributed by atoms with Crippen LogP contribution in [0.2, 0.25) is 0 Å². The third kappa shape index (κ3) is 6.12. The zero-order valence-electron chi connectivity index (χ0n) is 22.2. The minimum absolute atomic E-state index is 0.0439. The van der Waals surface area contributed by atoms with E-state index in [1.54, 1.807) is 24.3 Å². The van der Waals surface area contributed by atoms with E-state index >= 15 is 0 Å². The molecule has 5 rings (SSSR count). The smallest absolute Gasteiger partial charge is 0.356 e. The highest BCUT2D eigenvalue weighted by Crippen LogP contribution is 2.37. The van der Waals surface area contributed by atoms with Crippen LogP contribution in [-0.4, -0.2) is 56.6 Å². The molecule has 41 heavy (non-hydrogen) atoms. The Morgan fingerprint density at radius 3 is 2.05 bits per heavy atom. The summed E-state index contributed by atoms with van der Waals surface area (Å²) in [6, 6.07) is 26.3. The molecule has 0 radical (unpaired) electrons. The predicted octanol–water partition coefficient (Wildman–Crippen LogP) is 2.79. The van der Waals surface area contributed by atoms with Crippen LogP contribution >= 0.6 is 0 Å². The van der Waals surface area contributed by atoms with Crippen LogP contribution in [-0.2, 0) is 45.9 Å². The number of nitrogens with one attached hydrogen (secondary N) is 1. The molecule has 3 aromatic carbocycles. The molecule has 210 valence electrons. The molecular weight excluding hydrogens is 544 g/mol. The lowest BCUT2D eigenvalue weighted by Crippen LogP contribution is -2.73. The molecule has 0 aliphatic carbocycles. The second kappa shape index (κ2) is 12.3. The van der Waals surface area contributed by atoms with E-state index in [1.807, 2.05) is 66.7 Å². The third-order valence-electron chi connectivity index (χ3n) is 6.80. The summed E-state index contributed by atoms with van der Waals surface area (Å²) in [5, 5.41) is 1.72. The maximum absolute atomic E-state index is 13.8. The molecule has 0 saturated carbocycles. The minimum Gasteiger partial charge on any atom is -0.461 e. The fraction of sp³-hybridized carbons (Fsp3) is 0.226. The molecule has 0 aromatic heterocycles. The van der Waals surface area contributed by atoms with Crippen molar-refractivity contribution in [2.75, 3.05) is 12.4 Å². The number of benzene rings is 3. The van der Waals surface area contributed by atoms with E-state index in [0.29, 0.717) is 11.1 Å². The van der Waals surface area contributed by atoms with Gasteiger partial charge in [0.15, 0.2) is 6.10 Å². The summed E-state index contributed by atoms with van der Waals surface area (Å²) in [6.45, 7) is 0.892. The molecule has 2 amide bonds. The van der Waals surface area contributed by atoms with Crippen LogP contribution in [0, 0.1) is 0 Å². The molecule has 0 bridgehead atoms. The Kier molecular flexibility index (Phi) is 8.39. The van der Waals surface area contributed by atoms with Crippen molar-refractivity contribution in [3.05, 3.63) is 119 Å². The number of carbonyl (C=O) groups is 4. The Hall–Kier alpha value is -4.57. The molecule has 1 saturated heterocycles. The second-order valence-electron chi connectivity index (χ2n) is 9.67. The number of ether oxygens (including phenoxy) is 2. The zero-order chi connectivity index (χ0) is 28.9. The third-order valence-corrected chi connectivity index (χ3v) is 8.46. The molecule has 3 atom stereocenters. The Labute approximate surface area is 239 Å². The molecule has 10 heteroatoms. The number of carbonyl (C=O) groups excluding carboxylic acids is 4. The quantitative estimate of drug-likeness (QED) is 0.309. The van der Waals surface area contributed by atoms with Gasteiger partial charge in [-0.05, 0) is 16.7 Å². The number of amides is 2. The van der Waals surface area contributed by atoms with E-state index in [2.05, 4.69) is 5.32 Å². The summed E-state index contributed by atoms with van der Waals surface area (Å²) in [5.41, 5.74) is 2.28. The molecule has 1 fully saturated rings. The number of nitrogens with zero attached hydrogens (tertiary/aromatic N) is 1.